The molecule has 0 fully saturated rings. The second kappa shape index (κ2) is 7.31. The molecule has 1 aromatic heterocycles. The molecular weight excluding hydrogens is 294 g/mol. The summed E-state index contributed by atoms with van der Waals surface area (Å²) in [5.41, 5.74) is -0.217. The number of likely N-dealkylation sites (N-methyl/N-ethyl adjacent to an activating group) is 1. The number of furan rings is 1. The summed E-state index contributed by atoms with van der Waals surface area (Å²) in [6.45, 7) is 10.1. The minimum Gasteiger partial charge on any atom is -0.466 e. The zero-order valence-corrected chi connectivity index (χ0v) is 13.3. The third-order valence-electron chi connectivity index (χ3n) is 3.47. The van der Waals surface area contributed by atoms with E-state index in [2.05, 4.69) is 42.0 Å². The van der Waals surface area contributed by atoms with Crippen molar-refractivity contribution in [3.63, 3.8) is 0 Å². The summed E-state index contributed by atoms with van der Waals surface area (Å²) in [6, 6.07) is 2.00. The van der Waals surface area contributed by atoms with E-state index in [0.717, 1.165) is 29.6 Å². The van der Waals surface area contributed by atoms with Crippen LogP contribution in [0.5, 0.6) is 0 Å². The molecular formula is C14H24BrNO2. The fourth-order valence-electron chi connectivity index (χ4n) is 2.47. The van der Waals surface area contributed by atoms with Crippen LogP contribution < -0.4 is 5.32 Å². The van der Waals surface area contributed by atoms with Gasteiger partial charge in [0.25, 0.3) is 0 Å². The van der Waals surface area contributed by atoms with Crippen LogP contribution in [0.2, 0.25) is 0 Å². The number of hydrogen-bond acceptors (Lipinski definition) is 3. The lowest BCUT2D eigenvalue weighted by Gasteiger charge is -2.39. The second-order valence-corrected chi connectivity index (χ2v) is 5.18. The van der Waals surface area contributed by atoms with Crippen LogP contribution >= 0.6 is 15.9 Å². The summed E-state index contributed by atoms with van der Waals surface area (Å²) in [7, 11) is 0. The fourth-order valence-corrected chi connectivity index (χ4v) is 2.90. The maximum atomic E-state index is 6.08. The Morgan fingerprint density at radius 1 is 1.33 bits per heavy atom. The highest BCUT2D eigenvalue weighted by Crippen LogP contribution is 2.38. The molecule has 0 amide bonds. The molecule has 0 saturated carbocycles. The topological polar surface area (TPSA) is 34.4 Å². The quantitative estimate of drug-likeness (QED) is 0.776. The molecule has 0 aliphatic rings. The van der Waals surface area contributed by atoms with E-state index in [9.17, 15) is 0 Å². The first-order valence-corrected chi connectivity index (χ1v) is 7.54. The molecule has 1 N–H and O–H groups in total. The van der Waals surface area contributed by atoms with Crippen LogP contribution in [0.25, 0.3) is 0 Å². The van der Waals surface area contributed by atoms with Gasteiger partial charge in [0.1, 0.15) is 5.76 Å². The average molecular weight is 318 g/mol. The van der Waals surface area contributed by atoms with Gasteiger partial charge in [-0.3, -0.25) is 0 Å². The molecule has 0 saturated heterocycles. The van der Waals surface area contributed by atoms with Crippen molar-refractivity contribution in [3.05, 3.63) is 22.6 Å². The first-order chi connectivity index (χ1) is 8.65. The van der Waals surface area contributed by atoms with Gasteiger partial charge >= 0.3 is 0 Å². The van der Waals surface area contributed by atoms with Gasteiger partial charge in [-0.1, -0.05) is 20.8 Å². The summed E-state index contributed by atoms with van der Waals surface area (Å²) >= 11 is 3.55. The van der Waals surface area contributed by atoms with Crippen molar-refractivity contribution in [2.75, 3.05) is 13.2 Å². The molecule has 1 aromatic rings. The molecule has 0 bridgehead atoms. The van der Waals surface area contributed by atoms with Gasteiger partial charge < -0.3 is 14.5 Å². The first kappa shape index (κ1) is 15.7. The number of halogens is 1. The summed E-state index contributed by atoms with van der Waals surface area (Å²) < 4.78 is 12.7. The van der Waals surface area contributed by atoms with Crippen molar-refractivity contribution in [3.8, 4) is 0 Å². The third-order valence-corrected chi connectivity index (χ3v) is 4.13. The van der Waals surface area contributed by atoms with Gasteiger partial charge in [-0.05, 0) is 48.3 Å². The van der Waals surface area contributed by atoms with E-state index >= 15 is 0 Å². The van der Waals surface area contributed by atoms with Crippen LogP contribution in [0.1, 0.15) is 52.3 Å². The highest BCUT2D eigenvalue weighted by Gasteiger charge is 2.39. The maximum Gasteiger partial charge on any atom is 0.137 e. The zero-order chi connectivity index (χ0) is 13.6. The fraction of sp³-hybridized carbons (Fsp3) is 0.714. The van der Waals surface area contributed by atoms with E-state index in [-0.39, 0.29) is 11.6 Å². The van der Waals surface area contributed by atoms with Crippen LogP contribution in [-0.4, -0.2) is 18.8 Å². The molecule has 1 unspecified atom stereocenters. The number of ether oxygens (including phenoxy) is 1. The number of nitrogens with one attached hydrogen (secondary N) is 1. The van der Waals surface area contributed by atoms with Gasteiger partial charge in [-0.2, -0.15) is 0 Å². The van der Waals surface area contributed by atoms with Crippen LogP contribution in [0.3, 0.4) is 0 Å². The largest absolute Gasteiger partial charge is 0.466 e. The van der Waals surface area contributed by atoms with Crippen molar-refractivity contribution < 1.29 is 9.15 Å². The normalized spacial score (nSPS) is 13.8. The molecule has 0 aromatic carbocycles. The van der Waals surface area contributed by atoms with E-state index in [1.165, 1.54) is 0 Å². The van der Waals surface area contributed by atoms with Crippen molar-refractivity contribution >= 4 is 15.9 Å². The molecule has 3 nitrogen and oxygen atoms in total. The van der Waals surface area contributed by atoms with Crippen molar-refractivity contribution in [1.82, 2.24) is 5.32 Å². The Labute approximate surface area is 118 Å². The van der Waals surface area contributed by atoms with Crippen molar-refractivity contribution in [2.24, 2.45) is 0 Å². The molecule has 0 aliphatic carbocycles. The molecule has 1 rings (SSSR count). The second-order valence-electron chi connectivity index (χ2n) is 4.33. The van der Waals surface area contributed by atoms with E-state index in [0.29, 0.717) is 6.61 Å². The standard InChI is InChI=1S/C14H24BrNO2/c1-5-14(6-2,18-8-4)13(16-7-3)12-11(15)9-10-17-12/h9-10,13,16H,5-8H2,1-4H3. The van der Waals surface area contributed by atoms with Crippen LogP contribution in [0.4, 0.5) is 0 Å². The lowest BCUT2D eigenvalue weighted by molar-refractivity contribution is -0.0774. The van der Waals surface area contributed by atoms with Gasteiger partial charge in [-0.25, -0.2) is 0 Å². The first-order valence-electron chi connectivity index (χ1n) is 6.75. The van der Waals surface area contributed by atoms with Crippen LogP contribution in [0.15, 0.2) is 21.2 Å². The highest BCUT2D eigenvalue weighted by molar-refractivity contribution is 9.10. The Kier molecular flexibility index (Phi) is 6.39. The molecule has 0 spiro atoms. The van der Waals surface area contributed by atoms with Gasteiger partial charge in [0.2, 0.25) is 0 Å². The average Bonchev–Trinajstić information content (AvgIpc) is 2.80. The van der Waals surface area contributed by atoms with E-state index < -0.39 is 0 Å². The van der Waals surface area contributed by atoms with Gasteiger partial charge in [-0.15, -0.1) is 0 Å². The maximum absolute atomic E-state index is 6.08. The zero-order valence-electron chi connectivity index (χ0n) is 11.8. The van der Waals surface area contributed by atoms with Crippen molar-refractivity contribution in [1.29, 1.82) is 0 Å². The Morgan fingerprint density at radius 3 is 2.39 bits per heavy atom. The Bertz CT molecular complexity index is 347. The SMILES string of the molecule is CCNC(c1occc1Br)C(CC)(CC)OCC. The Morgan fingerprint density at radius 2 is 2.00 bits per heavy atom. The summed E-state index contributed by atoms with van der Waals surface area (Å²) in [4.78, 5) is 0. The van der Waals surface area contributed by atoms with Crippen molar-refractivity contribution in [2.45, 2.75) is 52.2 Å². The molecule has 1 heterocycles. The summed E-state index contributed by atoms with van der Waals surface area (Å²) in [5.74, 6) is 0.925. The van der Waals surface area contributed by atoms with E-state index in [1.54, 1.807) is 6.26 Å². The van der Waals surface area contributed by atoms with Crippen LogP contribution in [-0.2, 0) is 4.74 Å². The lowest BCUT2D eigenvalue weighted by atomic mass is 9.86. The molecule has 4 heteroatoms. The van der Waals surface area contributed by atoms with E-state index in [1.807, 2.05) is 13.0 Å². The molecule has 1 atom stereocenters. The van der Waals surface area contributed by atoms with Gasteiger partial charge in [0.15, 0.2) is 0 Å². The summed E-state index contributed by atoms with van der Waals surface area (Å²) in [5, 5.41) is 3.50. The molecule has 0 aliphatic heterocycles. The smallest absolute Gasteiger partial charge is 0.137 e. The predicted octanol–water partition coefficient (Wildman–Crippen LogP) is 4.29. The highest BCUT2D eigenvalue weighted by atomic mass is 79.9. The monoisotopic (exact) mass is 317 g/mol. The lowest BCUT2D eigenvalue weighted by Crippen LogP contribution is -2.45. The van der Waals surface area contributed by atoms with Gasteiger partial charge in [0, 0.05) is 6.61 Å². The Balaban J connectivity index is 3.12. The molecule has 18 heavy (non-hydrogen) atoms. The number of rotatable bonds is 8. The van der Waals surface area contributed by atoms with Gasteiger partial charge in [0.05, 0.1) is 22.4 Å². The number of hydrogen-bond donors (Lipinski definition) is 1. The minimum atomic E-state index is -0.217. The Hall–Kier alpha value is -0.320. The summed E-state index contributed by atoms with van der Waals surface area (Å²) in [6.07, 6.45) is 3.61. The minimum absolute atomic E-state index is 0.0711. The predicted molar refractivity (Wildman–Crippen MR) is 77.8 cm³/mol. The third kappa shape index (κ3) is 3.16. The molecule has 104 valence electrons. The molecule has 0 radical (unpaired) electrons. The van der Waals surface area contributed by atoms with E-state index in [4.69, 9.17) is 9.15 Å². The van der Waals surface area contributed by atoms with Crippen LogP contribution in [0, 0.1) is 0 Å².